The van der Waals surface area contributed by atoms with Gasteiger partial charge >= 0.3 is 0 Å². The molecule has 2 heterocycles. The van der Waals surface area contributed by atoms with Crippen LogP contribution in [0.4, 0.5) is 4.39 Å². The Balaban J connectivity index is 1.82. The van der Waals surface area contributed by atoms with Crippen LogP contribution in [-0.2, 0) is 0 Å². The Morgan fingerprint density at radius 2 is 2.15 bits per heavy atom. The Morgan fingerprint density at radius 1 is 1.33 bits per heavy atom. The smallest absolute Gasteiger partial charge is 0.274 e. The summed E-state index contributed by atoms with van der Waals surface area (Å²) in [7, 11) is 1.42. The maximum atomic E-state index is 13.4. The van der Waals surface area contributed by atoms with Gasteiger partial charge in [-0.1, -0.05) is 35.1 Å². The number of hydrogen-bond donors (Lipinski definition) is 1. The number of aromatic hydroxyl groups is 1. The number of methoxy groups -OCH3 is 1. The highest BCUT2D eigenvalue weighted by Crippen LogP contribution is 2.35. The summed E-state index contributed by atoms with van der Waals surface area (Å²) in [5, 5.41) is 9.94. The molecule has 2 aromatic carbocycles. The average molecular weight is 403 g/mol. The summed E-state index contributed by atoms with van der Waals surface area (Å²) in [5.41, 5.74) is 1.50. The fourth-order valence-corrected chi connectivity index (χ4v) is 3.88. The third-order valence-corrected chi connectivity index (χ3v) is 5.26. The summed E-state index contributed by atoms with van der Waals surface area (Å²) < 4.78 is 20.4. The van der Waals surface area contributed by atoms with E-state index in [1.165, 1.54) is 35.0 Å². The Hall–Kier alpha value is -2.90. The highest BCUT2D eigenvalue weighted by molar-refractivity contribution is 7.15. The predicted molar refractivity (Wildman–Crippen MR) is 103 cm³/mol. The molecule has 0 aliphatic rings. The number of ether oxygens (including phenoxy) is 1. The van der Waals surface area contributed by atoms with Gasteiger partial charge in [-0.2, -0.15) is 0 Å². The number of halogens is 2. The molecule has 0 atom stereocenters. The summed E-state index contributed by atoms with van der Waals surface area (Å²) in [6.45, 7) is 0. The number of thiazole rings is 1. The lowest BCUT2D eigenvalue weighted by Gasteiger charge is -2.05. The van der Waals surface area contributed by atoms with Gasteiger partial charge in [0.15, 0.2) is 16.5 Å². The van der Waals surface area contributed by atoms with Crippen molar-refractivity contribution in [3.05, 3.63) is 73.9 Å². The highest BCUT2D eigenvalue weighted by atomic mass is 35.5. The topological polar surface area (TPSA) is 63.8 Å². The molecule has 4 aromatic rings. The van der Waals surface area contributed by atoms with Gasteiger partial charge in [-0.05, 0) is 35.9 Å². The monoisotopic (exact) mass is 402 g/mol. The number of imidazole rings is 1. The van der Waals surface area contributed by atoms with E-state index < -0.39 is 0 Å². The number of fused-ring (bicyclic) bond motifs is 1. The van der Waals surface area contributed by atoms with Crippen molar-refractivity contribution in [2.75, 3.05) is 7.11 Å². The van der Waals surface area contributed by atoms with E-state index in [1.807, 2.05) is 0 Å². The van der Waals surface area contributed by atoms with Crippen LogP contribution in [0.15, 0.2) is 47.4 Å². The lowest BCUT2D eigenvalue weighted by Crippen LogP contribution is -2.22. The van der Waals surface area contributed by atoms with Crippen LogP contribution in [0.2, 0.25) is 5.02 Å². The minimum absolute atomic E-state index is 0.128. The second kappa shape index (κ2) is 6.68. The first-order valence-electron chi connectivity index (χ1n) is 7.82. The fourth-order valence-electron chi connectivity index (χ4n) is 2.70. The number of rotatable bonds is 3. The molecule has 136 valence electrons. The molecule has 2 aromatic heterocycles. The molecule has 0 saturated carbocycles. The number of hydrogen-bond acceptors (Lipinski definition) is 5. The first-order chi connectivity index (χ1) is 13.0. The van der Waals surface area contributed by atoms with Crippen LogP contribution in [0.3, 0.4) is 0 Å². The second-order valence-electron chi connectivity index (χ2n) is 5.76. The van der Waals surface area contributed by atoms with E-state index in [2.05, 4.69) is 4.98 Å². The Bertz CT molecular complexity index is 1280. The van der Waals surface area contributed by atoms with Gasteiger partial charge in [0.05, 0.1) is 22.4 Å². The molecule has 0 fully saturated rings. The molecule has 27 heavy (non-hydrogen) atoms. The lowest BCUT2D eigenvalue weighted by atomic mass is 10.2. The largest absolute Gasteiger partial charge is 0.503 e. The molecule has 0 unspecified atom stereocenters. The van der Waals surface area contributed by atoms with Crippen molar-refractivity contribution in [3.63, 3.8) is 0 Å². The first-order valence-corrected chi connectivity index (χ1v) is 9.02. The van der Waals surface area contributed by atoms with Crippen LogP contribution in [0, 0.1) is 5.82 Å². The van der Waals surface area contributed by atoms with Gasteiger partial charge in [0, 0.05) is 11.8 Å². The van der Waals surface area contributed by atoms with Gasteiger partial charge in [0.1, 0.15) is 5.82 Å². The molecule has 8 heteroatoms. The summed E-state index contributed by atoms with van der Waals surface area (Å²) in [6, 6.07) is 9.18. The van der Waals surface area contributed by atoms with Crippen molar-refractivity contribution < 1.29 is 14.2 Å². The van der Waals surface area contributed by atoms with Crippen LogP contribution in [-0.4, -0.2) is 21.6 Å². The number of phenolic OH excluding ortho intramolecular Hbond substituents is 1. The Morgan fingerprint density at radius 3 is 2.85 bits per heavy atom. The molecule has 0 bridgehead atoms. The third-order valence-electron chi connectivity index (χ3n) is 3.99. The molecule has 0 amide bonds. The van der Waals surface area contributed by atoms with E-state index in [9.17, 15) is 14.3 Å². The van der Waals surface area contributed by atoms with Gasteiger partial charge in [-0.3, -0.25) is 9.20 Å². The van der Waals surface area contributed by atoms with E-state index in [1.54, 1.807) is 36.5 Å². The normalized spacial score (nSPS) is 12.0. The van der Waals surface area contributed by atoms with Crippen LogP contribution >= 0.6 is 22.9 Å². The van der Waals surface area contributed by atoms with Crippen molar-refractivity contribution in [3.8, 4) is 22.8 Å². The Kier molecular flexibility index (Phi) is 4.33. The molecular weight excluding hydrogens is 391 g/mol. The zero-order valence-electron chi connectivity index (χ0n) is 13.9. The van der Waals surface area contributed by atoms with E-state index in [4.69, 9.17) is 16.3 Å². The number of nitrogens with zero attached hydrogens (tertiary/aromatic N) is 2. The molecule has 0 saturated heterocycles. The SMILES string of the molecule is COc1cc(C=c2sc3nc(-c4cccc(F)c4)cn3c2=O)cc(Cl)c1O. The highest BCUT2D eigenvalue weighted by Gasteiger charge is 2.12. The summed E-state index contributed by atoms with van der Waals surface area (Å²) in [4.78, 5) is 17.6. The van der Waals surface area contributed by atoms with Gasteiger partial charge in [-0.25, -0.2) is 9.37 Å². The maximum absolute atomic E-state index is 13.4. The number of aromatic nitrogens is 2. The zero-order chi connectivity index (χ0) is 19.1. The van der Waals surface area contributed by atoms with E-state index >= 15 is 0 Å². The van der Waals surface area contributed by atoms with Gasteiger partial charge in [0.2, 0.25) is 0 Å². The molecule has 0 radical (unpaired) electrons. The lowest BCUT2D eigenvalue weighted by molar-refractivity contribution is 0.373. The first kappa shape index (κ1) is 17.5. The average Bonchev–Trinajstić information content (AvgIpc) is 3.18. The molecule has 4 rings (SSSR count). The minimum Gasteiger partial charge on any atom is -0.503 e. The second-order valence-corrected chi connectivity index (χ2v) is 7.17. The van der Waals surface area contributed by atoms with Crippen LogP contribution < -0.4 is 14.8 Å². The molecular formula is C19H12ClFN2O3S. The van der Waals surface area contributed by atoms with Crippen molar-refractivity contribution >= 4 is 34.0 Å². The molecule has 0 spiro atoms. The maximum Gasteiger partial charge on any atom is 0.274 e. The van der Waals surface area contributed by atoms with Gasteiger partial charge in [-0.15, -0.1) is 0 Å². The zero-order valence-corrected chi connectivity index (χ0v) is 15.5. The Labute approximate surface area is 161 Å². The summed E-state index contributed by atoms with van der Waals surface area (Å²) in [6.07, 6.45) is 3.24. The van der Waals surface area contributed by atoms with Crippen molar-refractivity contribution in [2.24, 2.45) is 0 Å². The van der Waals surface area contributed by atoms with Crippen LogP contribution in [0.1, 0.15) is 5.56 Å². The van der Waals surface area contributed by atoms with Gasteiger partial charge < -0.3 is 9.84 Å². The van der Waals surface area contributed by atoms with E-state index in [0.29, 0.717) is 26.3 Å². The van der Waals surface area contributed by atoms with E-state index in [-0.39, 0.29) is 27.9 Å². The van der Waals surface area contributed by atoms with Crippen molar-refractivity contribution in [1.82, 2.24) is 9.38 Å². The summed E-state index contributed by atoms with van der Waals surface area (Å²) in [5.74, 6) is -0.298. The summed E-state index contributed by atoms with van der Waals surface area (Å²) >= 11 is 7.20. The van der Waals surface area contributed by atoms with Crippen molar-refractivity contribution in [1.29, 1.82) is 0 Å². The molecule has 0 aliphatic carbocycles. The van der Waals surface area contributed by atoms with E-state index in [0.717, 1.165) is 0 Å². The third kappa shape index (κ3) is 3.15. The predicted octanol–water partition coefficient (Wildman–Crippen LogP) is 3.48. The molecule has 1 N–H and O–H groups in total. The van der Waals surface area contributed by atoms with Crippen LogP contribution in [0.5, 0.6) is 11.5 Å². The quantitative estimate of drug-likeness (QED) is 0.570. The van der Waals surface area contributed by atoms with Crippen molar-refractivity contribution in [2.45, 2.75) is 0 Å². The van der Waals surface area contributed by atoms with Crippen LogP contribution in [0.25, 0.3) is 22.3 Å². The minimum atomic E-state index is -0.363. The molecule has 5 nitrogen and oxygen atoms in total. The standard InChI is InChI=1S/C19H12ClFN2O3S/c1-26-15-6-10(5-13(20)17(15)24)7-16-18(25)23-9-14(22-19(23)27-16)11-3-2-4-12(21)8-11/h2-9,24H,1H3. The number of phenols is 1. The molecule has 0 aliphatic heterocycles. The van der Waals surface area contributed by atoms with Gasteiger partial charge in [0.25, 0.3) is 5.56 Å². The number of benzene rings is 2. The fraction of sp³-hybridized carbons (Fsp3) is 0.0526.